The molecule has 0 saturated heterocycles. The first-order valence-corrected chi connectivity index (χ1v) is 8.18. The fraction of sp³-hybridized carbons (Fsp3) is 0.231. The first kappa shape index (κ1) is 16.7. The summed E-state index contributed by atoms with van der Waals surface area (Å²) >= 11 is 1.54. The molecule has 0 fully saturated rings. The van der Waals surface area contributed by atoms with Crippen LogP contribution >= 0.6 is 11.3 Å². The van der Waals surface area contributed by atoms with Gasteiger partial charge in [0.1, 0.15) is 12.2 Å². The first-order chi connectivity index (χ1) is 12.1. The number of hydrazone groups is 1. The first-order valence-electron chi connectivity index (χ1n) is 7.24. The van der Waals surface area contributed by atoms with E-state index in [4.69, 9.17) is 5.73 Å². The normalized spacial score (nSPS) is 11.5. The Hall–Kier alpha value is -3.12. The minimum atomic E-state index is -0.482. The van der Waals surface area contributed by atoms with Crippen molar-refractivity contribution in [2.75, 3.05) is 19.8 Å². The van der Waals surface area contributed by atoms with E-state index in [1.807, 2.05) is 30.9 Å². The van der Waals surface area contributed by atoms with E-state index in [1.54, 1.807) is 17.6 Å². The summed E-state index contributed by atoms with van der Waals surface area (Å²) in [7, 11) is 3.86. The number of carbonyl (C=O) groups excluding carboxylic acids is 1. The summed E-state index contributed by atoms with van der Waals surface area (Å²) in [4.78, 5) is 13.5. The molecule has 0 aliphatic heterocycles. The van der Waals surface area contributed by atoms with Gasteiger partial charge in [-0.15, -0.1) is 5.10 Å². The monoisotopic (exact) mass is 362 g/mol. The molecule has 0 saturated carbocycles. The number of anilines is 1. The number of amides is 1. The van der Waals surface area contributed by atoms with E-state index in [2.05, 4.69) is 35.8 Å². The van der Waals surface area contributed by atoms with Crippen molar-refractivity contribution in [2.45, 2.75) is 6.54 Å². The molecule has 3 rings (SSSR count). The molecule has 0 unspecified atom stereocenters. The lowest BCUT2D eigenvalue weighted by Gasteiger charge is -2.08. The Morgan fingerprint density at radius 3 is 3.00 bits per heavy atom. The highest BCUT2D eigenvalue weighted by Gasteiger charge is 2.25. The molecule has 0 atom stereocenters. The van der Waals surface area contributed by atoms with Gasteiger partial charge in [-0.3, -0.25) is 4.79 Å². The number of hydrogen-bond acceptors (Lipinski definition) is 9. The van der Waals surface area contributed by atoms with Gasteiger partial charge in [0.25, 0.3) is 5.91 Å². The van der Waals surface area contributed by atoms with Crippen molar-refractivity contribution in [1.82, 2.24) is 30.7 Å². The van der Waals surface area contributed by atoms with Crippen molar-refractivity contribution in [1.29, 1.82) is 0 Å². The Balaban J connectivity index is 1.86. The van der Waals surface area contributed by atoms with Crippen LogP contribution in [0, 0.1) is 0 Å². The molecule has 0 bridgehead atoms. The summed E-state index contributed by atoms with van der Waals surface area (Å²) in [5, 5.41) is 22.9. The summed E-state index contributed by atoms with van der Waals surface area (Å²) in [6.45, 7) is 0.455. The third-order valence-electron chi connectivity index (χ3n) is 3.12. The van der Waals surface area contributed by atoms with Crippen LogP contribution < -0.4 is 16.1 Å². The molecule has 0 aliphatic carbocycles. The molecule has 12 heteroatoms. The quantitative estimate of drug-likeness (QED) is 0.365. The maximum Gasteiger partial charge on any atom is 0.294 e. The molecule has 0 aliphatic rings. The Morgan fingerprint density at radius 1 is 1.52 bits per heavy atom. The van der Waals surface area contributed by atoms with Gasteiger partial charge in [-0.2, -0.15) is 21.1 Å². The number of quaternary nitrogens is 1. The van der Waals surface area contributed by atoms with Crippen LogP contribution in [0.5, 0.6) is 0 Å². The highest BCUT2D eigenvalue weighted by molar-refractivity contribution is 7.08. The fourth-order valence-electron chi connectivity index (χ4n) is 2.05. The second kappa shape index (κ2) is 7.19. The number of nitrogens with two attached hydrogens (primary N) is 1. The van der Waals surface area contributed by atoms with E-state index in [0.29, 0.717) is 12.2 Å². The van der Waals surface area contributed by atoms with Gasteiger partial charge in [0, 0.05) is 5.56 Å². The number of aromatic nitrogens is 5. The summed E-state index contributed by atoms with van der Waals surface area (Å²) in [6, 6.07) is 1.89. The standard InChI is InChI=1S/C13H15N9O2S/c1-21(2)6-9-10(13(23)17-15-5-8-3-4-25-7-8)16-20-22(9)12-11(14)18-24-19-12/h3-5,7H,6H2,1-2H3,(H2,14,18)(H,17,23)/p+1/b15-5-. The molecule has 4 N–H and O–H groups in total. The Kier molecular flexibility index (Phi) is 4.81. The van der Waals surface area contributed by atoms with Gasteiger partial charge in [-0.25, -0.2) is 10.1 Å². The van der Waals surface area contributed by atoms with E-state index in [0.717, 1.165) is 10.5 Å². The average molecular weight is 362 g/mol. The van der Waals surface area contributed by atoms with E-state index >= 15 is 0 Å². The number of nitrogens with zero attached hydrogens (tertiary/aromatic N) is 6. The van der Waals surface area contributed by atoms with Crippen LogP contribution in [0.3, 0.4) is 0 Å². The number of nitrogens with one attached hydrogen (secondary N) is 2. The van der Waals surface area contributed by atoms with Crippen LogP contribution in [0.1, 0.15) is 21.7 Å². The van der Waals surface area contributed by atoms with Crippen molar-refractivity contribution < 1.29 is 14.3 Å². The molecule has 3 aromatic heterocycles. The van der Waals surface area contributed by atoms with Gasteiger partial charge in [0.05, 0.1) is 20.3 Å². The summed E-state index contributed by atoms with van der Waals surface area (Å²) in [5.74, 6) is -0.240. The SMILES string of the molecule is C[NH+](C)Cc1c(C(=O)N/N=C\c2ccsc2)nnn1-c1nonc1N. The number of nitrogen functional groups attached to an aromatic ring is 1. The van der Waals surface area contributed by atoms with Gasteiger partial charge in [0.15, 0.2) is 5.69 Å². The van der Waals surface area contributed by atoms with Crippen molar-refractivity contribution >= 4 is 29.3 Å². The van der Waals surface area contributed by atoms with Crippen LogP contribution in [0.2, 0.25) is 0 Å². The maximum atomic E-state index is 12.4. The lowest BCUT2D eigenvalue weighted by atomic mass is 10.3. The number of carbonyl (C=O) groups is 1. The van der Waals surface area contributed by atoms with E-state index in [-0.39, 0.29) is 17.3 Å². The smallest absolute Gasteiger partial charge is 0.294 e. The zero-order valence-corrected chi connectivity index (χ0v) is 14.3. The van der Waals surface area contributed by atoms with Gasteiger partial charge in [-0.1, -0.05) is 5.21 Å². The second-order valence-electron chi connectivity index (χ2n) is 5.41. The van der Waals surface area contributed by atoms with Crippen LogP contribution in [-0.4, -0.2) is 51.5 Å². The largest absolute Gasteiger partial charge is 0.378 e. The molecule has 3 heterocycles. The molecule has 0 spiro atoms. The van der Waals surface area contributed by atoms with Gasteiger partial charge in [0.2, 0.25) is 11.6 Å². The van der Waals surface area contributed by atoms with Crippen molar-refractivity contribution in [2.24, 2.45) is 5.10 Å². The molecular formula is C13H16N9O2S+. The topological polar surface area (TPSA) is 142 Å². The molecule has 3 aromatic rings. The third kappa shape index (κ3) is 3.70. The Morgan fingerprint density at radius 2 is 2.36 bits per heavy atom. The van der Waals surface area contributed by atoms with Gasteiger partial charge in [-0.05, 0) is 27.1 Å². The van der Waals surface area contributed by atoms with Crippen molar-refractivity contribution in [3.8, 4) is 5.82 Å². The van der Waals surface area contributed by atoms with E-state index in [9.17, 15) is 4.79 Å². The second-order valence-corrected chi connectivity index (χ2v) is 6.19. The minimum absolute atomic E-state index is 0.0577. The molecule has 0 aromatic carbocycles. The van der Waals surface area contributed by atoms with Crippen molar-refractivity contribution in [3.05, 3.63) is 33.8 Å². The Bertz CT molecular complexity index is 881. The molecule has 11 nitrogen and oxygen atoms in total. The predicted molar refractivity (Wildman–Crippen MR) is 89.5 cm³/mol. The van der Waals surface area contributed by atoms with Crippen LogP contribution in [0.25, 0.3) is 5.82 Å². The van der Waals surface area contributed by atoms with E-state index < -0.39 is 5.91 Å². The van der Waals surface area contributed by atoms with Crippen LogP contribution in [-0.2, 0) is 6.54 Å². The summed E-state index contributed by atoms with van der Waals surface area (Å²) in [5.41, 5.74) is 9.70. The van der Waals surface area contributed by atoms with Crippen LogP contribution in [0.4, 0.5) is 5.82 Å². The number of thiophene rings is 1. The zero-order valence-electron chi connectivity index (χ0n) is 13.5. The average Bonchev–Trinajstić information content (AvgIpc) is 3.28. The lowest BCUT2D eigenvalue weighted by Crippen LogP contribution is -3.04. The number of hydrogen-bond donors (Lipinski definition) is 3. The molecule has 25 heavy (non-hydrogen) atoms. The maximum absolute atomic E-state index is 12.4. The molecule has 1 amide bonds. The summed E-state index contributed by atoms with van der Waals surface area (Å²) in [6.07, 6.45) is 1.55. The number of rotatable bonds is 6. The highest BCUT2D eigenvalue weighted by atomic mass is 32.1. The van der Waals surface area contributed by atoms with E-state index in [1.165, 1.54) is 4.68 Å². The highest BCUT2D eigenvalue weighted by Crippen LogP contribution is 2.15. The lowest BCUT2D eigenvalue weighted by molar-refractivity contribution is -0.873. The fourth-order valence-corrected chi connectivity index (χ4v) is 2.66. The zero-order chi connectivity index (χ0) is 17.8. The molecule has 130 valence electrons. The minimum Gasteiger partial charge on any atom is -0.378 e. The third-order valence-corrected chi connectivity index (χ3v) is 3.82. The predicted octanol–water partition coefficient (Wildman–Crippen LogP) is -1.30. The van der Waals surface area contributed by atoms with Crippen LogP contribution in [0.15, 0.2) is 26.6 Å². The van der Waals surface area contributed by atoms with Gasteiger partial charge < -0.3 is 10.6 Å². The summed E-state index contributed by atoms with van der Waals surface area (Å²) < 4.78 is 5.94. The van der Waals surface area contributed by atoms with Crippen molar-refractivity contribution in [3.63, 3.8) is 0 Å². The Labute approximate surface area is 146 Å². The molecular weight excluding hydrogens is 346 g/mol. The van der Waals surface area contributed by atoms with Gasteiger partial charge >= 0.3 is 0 Å². The molecule has 0 radical (unpaired) electrons.